The Kier molecular flexibility index (Phi) is 4.82. The number of nitrogens with one attached hydrogen (secondary N) is 1. The van der Waals surface area contributed by atoms with Crippen LogP contribution in [0, 0.1) is 6.92 Å². The van der Waals surface area contributed by atoms with Crippen molar-refractivity contribution in [2.24, 2.45) is 0 Å². The zero-order valence-electron chi connectivity index (χ0n) is 14.1. The second kappa shape index (κ2) is 6.58. The molecule has 0 atom stereocenters. The zero-order valence-corrected chi connectivity index (χ0v) is 16.5. The molecule has 0 aromatic heterocycles. The van der Waals surface area contributed by atoms with Gasteiger partial charge in [0.25, 0.3) is 0 Å². The van der Waals surface area contributed by atoms with Crippen molar-refractivity contribution in [1.29, 1.82) is 0 Å². The molecule has 0 bridgehead atoms. The maximum Gasteiger partial charge on any atom is 0.345 e. The summed E-state index contributed by atoms with van der Waals surface area (Å²) in [5.41, 5.74) is 4.11. The second-order valence-corrected chi connectivity index (χ2v) is 8.81. The highest BCUT2D eigenvalue weighted by Crippen LogP contribution is 2.51. The molecule has 2 aliphatic rings. The molecule has 24 heavy (non-hydrogen) atoms. The number of benzene rings is 1. The lowest BCUT2D eigenvalue weighted by atomic mass is 9.85. The van der Waals surface area contributed by atoms with E-state index in [0.717, 1.165) is 25.9 Å². The highest BCUT2D eigenvalue weighted by molar-refractivity contribution is 8.28. The Morgan fingerprint density at radius 1 is 1.38 bits per heavy atom. The maximum absolute atomic E-state index is 12.0. The zero-order chi connectivity index (χ0) is 17.5. The Balaban J connectivity index is 2.06. The Morgan fingerprint density at radius 3 is 2.83 bits per heavy atom. The van der Waals surface area contributed by atoms with Crippen LogP contribution in [0.15, 0.2) is 32.7 Å². The molecule has 126 valence electrons. The number of anilines is 1. The summed E-state index contributed by atoms with van der Waals surface area (Å²) in [6.07, 6.45) is 0. The fourth-order valence-corrected chi connectivity index (χ4v) is 5.29. The van der Waals surface area contributed by atoms with E-state index >= 15 is 0 Å². The lowest BCUT2D eigenvalue weighted by molar-refractivity contribution is -0.137. The van der Waals surface area contributed by atoms with Crippen molar-refractivity contribution in [2.45, 2.75) is 33.2 Å². The van der Waals surface area contributed by atoms with Gasteiger partial charge in [-0.05, 0) is 45.2 Å². The second-order valence-electron chi connectivity index (χ2n) is 6.21. The van der Waals surface area contributed by atoms with Gasteiger partial charge in [0.05, 0.1) is 16.4 Å². The summed E-state index contributed by atoms with van der Waals surface area (Å²) in [5, 5.41) is 5.38. The summed E-state index contributed by atoms with van der Waals surface area (Å²) in [5.74, 6) is -0.269. The Labute approximate surface area is 156 Å². The number of fused-ring (bicyclic) bond motifs is 1. The third kappa shape index (κ3) is 3.15. The summed E-state index contributed by atoms with van der Waals surface area (Å²) >= 11 is 8.79. The Morgan fingerprint density at radius 2 is 2.12 bits per heavy atom. The number of hydrogen-bond donors (Lipinski definition) is 1. The summed E-state index contributed by atoms with van der Waals surface area (Å²) in [6.45, 7) is 8.44. The molecule has 0 amide bonds. The van der Waals surface area contributed by atoms with E-state index in [4.69, 9.17) is 17.0 Å². The number of thioether (sulfide) groups is 2. The van der Waals surface area contributed by atoms with E-state index in [0.29, 0.717) is 11.5 Å². The van der Waals surface area contributed by atoms with Crippen LogP contribution in [-0.2, 0) is 9.53 Å². The van der Waals surface area contributed by atoms with Crippen molar-refractivity contribution >= 4 is 57.8 Å². The van der Waals surface area contributed by atoms with Crippen LogP contribution in [0.25, 0.3) is 5.57 Å². The van der Waals surface area contributed by atoms with Gasteiger partial charge in [-0.1, -0.05) is 47.4 Å². The minimum Gasteiger partial charge on any atom is -0.462 e. The van der Waals surface area contributed by atoms with Crippen LogP contribution in [0.2, 0.25) is 0 Å². The molecule has 3 rings (SSSR count). The number of aryl methyl sites for hydroxylation is 1. The number of thiocarbonyl (C=S) groups is 1. The van der Waals surface area contributed by atoms with E-state index in [1.165, 1.54) is 17.3 Å². The molecule has 6 heteroatoms. The molecule has 3 nitrogen and oxygen atoms in total. The topological polar surface area (TPSA) is 38.3 Å². The molecule has 2 aliphatic heterocycles. The largest absolute Gasteiger partial charge is 0.462 e. The number of carbonyl (C=O) groups is 1. The van der Waals surface area contributed by atoms with Crippen molar-refractivity contribution < 1.29 is 9.53 Å². The van der Waals surface area contributed by atoms with Gasteiger partial charge >= 0.3 is 5.97 Å². The van der Waals surface area contributed by atoms with Crippen LogP contribution in [-0.4, -0.2) is 23.0 Å². The number of carbonyl (C=O) groups excluding carboxylic acids is 1. The molecule has 0 fully saturated rings. The Hall–Kier alpha value is -1.24. The van der Waals surface area contributed by atoms with Gasteiger partial charge in [0, 0.05) is 21.7 Å². The molecule has 0 aliphatic carbocycles. The third-order valence-electron chi connectivity index (χ3n) is 3.84. The van der Waals surface area contributed by atoms with Gasteiger partial charge in [-0.3, -0.25) is 0 Å². The fourth-order valence-electron chi connectivity index (χ4n) is 2.66. The standard InChI is InChI=1S/C18H19NO2S3/c1-5-21-16(20)13-9-23-17(24-13)14-11-8-10(2)6-7-12(11)19-18(3,4)15(14)22/h6-9,19H,5H2,1-4H3/b17-14+. The summed E-state index contributed by atoms with van der Waals surface area (Å²) in [4.78, 5) is 13.5. The molecule has 0 saturated heterocycles. The molecule has 1 aromatic rings. The van der Waals surface area contributed by atoms with Crippen molar-refractivity contribution in [3.63, 3.8) is 0 Å². The molecular weight excluding hydrogens is 358 g/mol. The van der Waals surface area contributed by atoms with Crippen LogP contribution < -0.4 is 5.32 Å². The van der Waals surface area contributed by atoms with Crippen LogP contribution in [0.1, 0.15) is 31.9 Å². The first kappa shape index (κ1) is 17.6. The monoisotopic (exact) mass is 377 g/mol. The first-order valence-electron chi connectivity index (χ1n) is 7.73. The number of esters is 1. The van der Waals surface area contributed by atoms with Gasteiger partial charge in [0.15, 0.2) is 0 Å². The van der Waals surface area contributed by atoms with Crippen molar-refractivity contribution in [3.05, 3.63) is 43.9 Å². The number of rotatable bonds is 2. The van der Waals surface area contributed by atoms with Crippen molar-refractivity contribution in [1.82, 2.24) is 0 Å². The normalized spacial score (nSPS) is 21.8. The minimum atomic E-state index is -0.312. The van der Waals surface area contributed by atoms with Crippen LogP contribution in [0.4, 0.5) is 5.69 Å². The lowest BCUT2D eigenvalue weighted by Gasteiger charge is -2.37. The average Bonchev–Trinajstić information content (AvgIpc) is 2.99. The molecule has 0 spiro atoms. The maximum atomic E-state index is 12.0. The Bertz CT molecular complexity index is 793. The predicted molar refractivity (Wildman–Crippen MR) is 108 cm³/mol. The third-order valence-corrected chi connectivity index (χ3v) is 6.91. The van der Waals surface area contributed by atoms with Crippen LogP contribution in [0.5, 0.6) is 0 Å². The SMILES string of the molecule is CCOC(=O)C1=CS/C(=C2\C(=S)C(C)(C)Nc3ccc(C)cc32)S1. The fraction of sp³-hybridized carbons (Fsp3) is 0.333. The molecular formula is C18H19NO2S3. The van der Waals surface area contributed by atoms with Crippen LogP contribution in [0.3, 0.4) is 0 Å². The number of hydrogen-bond acceptors (Lipinski definition) is 6. The van der Waals surface area contributed by atoms with Gasteiger partial charge in [-0.2, -0.15) is 0 Å². The van der Waals surface area contributed by atoms with Crippen molar-refractivity contribution in [3.8, 4) is 0 Å². The first-order valence-corrected chi connectivity index (χ1v) is 9.84. The average molecular weight is 378 g/mol. The van der Waals surface area contributed by atoms with E-state index in [2.05, 4.69) is 44.3 Å². The molecule has 1 aromatic carbocycles. The molecule has 2 heterocycles. The highest BCUT2D eigenvalue weighted by Gasteiger charge is 2.36. The quantitative estimate of drug-likeness (QED) is 0.438. The summed E-state index contributed by atoms with van der Waals surface area (Å²) < 4.78 is 6.15. The smallest absolute Gasteiger partial charge is 0.345 e. The van der Waals surface area contributed by atoms with Gasteiger partial charge in [0.2, 0.25) is 0 Å². The van der Waals surface area contributed by atoms with Crippen LogP contribution >= 0.6 is 35.7 Å². The van der Waals surface area contributed by atoms with Gasteiger partial charge in [-0.15, -0.1) is 0 Å². The summed E-state index contributed by atoms with van der Waals surface area (Å²) in [6, 6.07) is 6.34. The molecule has 1 N–H and O–H groups in total. The summed E-state index contributed by atoms with van der Waals surface area (Å²) in [7, 11) is 0. The lowest BCUT2D eigenvalue weighted by Crippen LogP contribution is -2.43. The van der Waals surface area contributed by atoms with Crippen molar-refractivity contribution in [2.75, 3.05) is 11.9 Å². The van der Waals surface area contributed by atoms with E-state index in [-0.39, 0.29) is 11.5 Å². The minimum absolute atomic E-state index is 0.269. The first-order chi connectivity index (χ1) is 11.3. The van der Waals surface area contributed by atoms with Gasteiger partial charge in [0.1, 0.15) is 4.91 Å². The van der Waals surface area contributed by atoms with E-state index in [1.54, 1.807) is 11.8 Å². The molecule has 0 saturated carbocycles. The van der Waals surface area contributed by atoms with Gasteiger partial charge in [-0.25, -0.2) is 4.79 Å². The van der Waals surface area contributed by atoms with E-state index in [9.17, 15) is 4.79 Å². The van der Waals surface area contributed by atoms with E-state index in [1.807, 2.05) is 12.3 Å². The molecule has 0 radical (unpaired) electrons. The predicted octanol–water partition coefficient (Wildman–Crippen LogP) is 5.12. The molecule has 0 unspecified atom stereocenters. The van der Waals surface area contributed by atoms with E-state index < -0.39 is 0 Å². The highest BCUT2D eigenvalue weighted by atomic mass is 32.2. The van der Waals surface area contributed by atoms with Gasteiger partial charge < -0.3 is 10.1 Å². The number of ether oxygens (including phenoxy) is 1.